The first kappa shape index (κ1) is 12.8. The molecule has 1 fully saturated rings. The molecule has 1 rings (SSSR count). The van der Waals surface area contributed by atoms with Crippen LogP contribution >= 0.6 is 0 Å². The van der Waals surface area contributed by atoms with Crippen molar-refractivity contribution in [2.24, 2.45) is 11.0 Å². The third-order valence-corrected chi connectivity index (χ3v) is 3.02. The van der Waals surface area contributed by atoms with Crippen molar-refractivity contribution in [2.45, 2.75) is 44.9 Å². The highest BCUT2D eigenvalue weighted by atomic mass is 16.1. The summed E-state index contributed by atoms with van der Waals surface area (Å²) in [6.07, 6.45) is 7.47. The van der Waals surface area contributed by atoms with Crippen LogP contribution < -0.4 is 5.32 Å². The van der Waals surface area contributed by atoms with E-state index in [9.17, 15) is 4.79 Å². The molecule has 0 spiro atoms. The average Bonchev–Trinajstić information content (AvgIpc) is 2.34. The van der Waals surface area contributed by atoms with Gasteiger partial charge in [0.15, 0.2) is 0 Å². The Morgan fingerprint density at radius 2 is 2.06 bits per heavy atom. The third kappa shape index (κ3) is 5.03. The molecule has 5 heteroatoms. The maximum Gasteiger partial charge on any atom is 0.223 e. The minimum Gasteiger partial charge on any atom is -0.356 e. The van der Waals surface area contributed by atoms with Crippen molar-refractivity contribution >= 4 is 5.91 Å². The molecule has 1 saturated carbocycles. The van der Waals surface area contributed by atoms with Crippen molar-refractivity contribution in [3.63, 3.8) is 0 Å². The SMILES string of the molecule is [N-]=[N+]=NCCCCNC(=O)C1CCCCC1. The molecule has 0 aromatic carbocycles. The molecule has 0 aromatic heterocycles. The summed E-state index contributed by atoms with van der Waals surface area (Å²) in [6.45, 7) is 1.23. The van der Waals surface area contributed by atoms with E-state index in [1.165, 1.54) is 19.3 Å². The molecule has 1 aliphatic rings. The number of nitrogens with zero attached hydrogens (tertiary/aromatic N) is 3. The largest absolute Gasteiger partial charge is 0.356 e. The monoisotopic (exact) mass is 224 g/mol. The van der Waals surface area contributed by atoms with E-state index in [1.54, 1.807) is 0 Å². The highest BCUT2D eigenvalue weighted by molar-refractivity contribution is 5.78. The van der Waals surface area contributed by atoms with Crippen molar-refractivity contribution in [3.05, 3.63) is 10.4 Å². The molecule has 1 aliphatic carbocycles. The molecule has 0 saturated heterocycles. The van der Waals surface area contributed by atoms with Gasteiger partial charge < -0.3 is 5.32 Å². The van der Waals surface area contributed by atoms with Gasteiger partial charge in [-0.25, -0.2) is 0 Å². The lowest BCUT2D eigenvalue weighted by Gasteiger charge is -2.20. The quantitative estimate of drug-likeness (QED) is 0.320. The van der Waals surface area contributed by atoms with E-state index in [4.69, 9.17) is 5.53 Å². The minimum atomic E-state index is 0.212. The number of hydrogen-bond donors (Lipinski definition) is 1. The van der Waals surface area contributed by atoms with Gasteiger partial charge in [-0.05, 0) is 31.2 Å². The second kappa shape index (κ2) is 7.99. The lowest BCUT2D eigenvalue weighted by Crippen LogP contribution is -2.32. The zero-order valence-corrected chi connectivity index (χ0v) is 9.69. The van der Waals surface area contributed by atoms with Gasteiger partial charge in [-0.3, -0.25) is 4.79 Å². The van der Waals surface area contributed by atoms with Gasteiger partial charge in [0, 0.05) is 23.9 Å². The van der Waals surface area contributed by atoms with E-state index in [1.807, 2.05) is 0 Å². The number of amides is 1. The minimum absolute atomic E-state index is 0.212. The van der Waals surface area contributed by atoms with Crippen LogP contribution in [0.25, 0.3) is 10.4 Å². The Balaban J connectivity index is 2.03. The summed E-state index contributed by atoms with van der Waals surface area (Å²) < 4.78 is 0. The van der Waals surface area contributed by atoms with Gasteiger partial charge in [0.1, 0.15) is 0 Å². The van der Waals surface area contributed by atoms with E-state index in [2.05, 4.69) is 15.3 Å². The lowest BCUT2D eigenvalue weighted by molar-refractivity contribution is -0.125. The van der Waals surface area contributed by atoms with Crippen molar-refractivity contribution in [2.75, 3.05) is 13.1 Å². The number of carbonyl (C=O) groups excluding carboxylic acids is 1. The lowest BCUT2D eigenvalue weighted by atomic mass is 9.89. The molecule has 0 aliphatic heterocycles. The molecule has 1 N–H and O–H groups in total. The summed E-state index contributed by atoms with van der Waals surface area (Å²) in [6, 6.07) is 0. The fourth-order valence-corrected chi connectivity index (χ4v) is 2.07. The number of hydrogen-bond acceptors (Lipinski definition) is 2. The molecule has 0 bridgehead atoms. The third-order valence-electron chi connectivity index (χ3n) is 3.02. The zero-order valence-electron chi connectivity index (χ0n) is 9.69. The maximum absolute atomic E-state index is 11.7. The Labute approximate surface area is 96.2 Å². The fourth-order valence-electron chi connectivity index (χ4n) is 2.07. The Kier molecular flexibility index (Phi) is 6.42. The fraction of sp³-hybridized carbons (Fsp3) is 0.909. The van der Waals surface area contributed by atoms with Gasteiger partial charge in [0.2, 0.25) is 5.91 Å². The van der Waals surface area contributed by atoms with E-state index >= 15 is 0 Å². The van der Waals surface area contributed by atoms with Crippen molar-refractivity contribution in [1.29, 1.82) is 0 Å². The van der Waals surface area contributed by atoms with Gasteiger partial charge in [-0.2, -0.15) is 0 Å². The summed E-state index contributed by atoms with van der Waals surface area (Å²) in [4.78, 5) is 14.4. The first-order chi connectivity index (χ1) is 7.84. The highest BCUT2D eigenvalue weighted by Crippen LogP contribution is 2.23. The van der Waals surface area contributed by atoms with Crippen LogP contribution in [0.2, 0.25) is 0 Å². The van der Waals surface area contributed by atoms with Crippen LogP contribution in [0, 0.1) is 5.92 Å². The Morgan fingerprint density at radius 3 is 2.75 bits per heavy atom. The zero-order chi connectivity index (χ0) is 11.6. The number of rotatable bonds is 6. The van der Waals surface area contributed by atoms with Crippen molar-refractivity contribution < 1.29 is 4.79 Å². The topological polar surface area (TPSA) is 77.9 Å². The number of azide groups is 1. The van der Waals surface area contributed by atoms with E-state index in [0.29, 0.717) is 13.1 Å². The van der Waals surface area contributed by atoms with Crippen LogP contribution in [0.5, 0.6) is 0 Å². The van der Waals surface area contributed by atoms with Crippen LogP contribution in [0.15, 0.2) is 5.11 Å². The van der Waals surface area contributed by atoms with E-state index in [-0.39, 0.29) is 11.8 Å². The van der Waals surface area contributed by atoms with Gasteiger partial charge in [-0.1, -0.05) is 24.4 Å². The Morgan fingerprint density at radius 1 is 1.31 bits per heavy atom. The molecular weight excluding hydrogens is 204 g/mol. The second-order valence-electron chi connectivity index (χ2n) is 4.29. The van der Waals surface area contributed by atoms with Crippen LogP contribution in [-0.4, -0.2) is 19.0 Å². The molecule has 16 heavy (non-hydrogen) atoms. The van der Waals surface area contributed by atoms with Gasteiger partial charge in [0.05, 0.1) is 0 Å². The summed E-state index contributed by atoms with van der Waals surface area (Å²) in [7, 11) is 0. The van der Waals surface area contributed by atoms with E-state index < -0.39 is 0 Å². The predicted octanol–water partition coefficient (Wildman–Crippen LogP) is 2.77. The molecular formula is C11H20N4O. The first-order valence-corrected chi connectivity index (χ1v) is 6.13. The maximum atomic E-state index is 11.7. The van der Waals surface area contributed by atoms with Gasteiger partial charge in [-0.15, -0.1) is 0 Å². The molecule has 0 heterocycles. The Hall–Kier alpha value is -1.22. The van der Waals surface area contributed by atoms with Gasteiger partial charge in [0.25, 0.3) is 0 Å². The molecule has 0 unspecified atom stereocenters. The van der Waals surface area contributed by atoms with Crippen LogP contribution in [0.4, 0.5) is 0 Å². The summed E-state index contributed by atoms with van der Waals surface area (Å²) in [5.41, 5.74) is 8.07. The standard InChI is InChI=1S/C11H20N4O/c12-15-14-9-5-4-8-13-11(16)10-6-2-1-3-7-10/h10H,1-9H2,(H,13,16). The summed E-state index contributed by atoms with van der Waals surface area (Å²) in [5.74, 6) is 0.453. The molecule has 0 radical (unpaired) electrons. The molecule has 0 atom stereocenters. The van der Waals surface area contributed by atoms with Crippen LogP contribution in [0.1, 0.15) is 44.9 Å². The summed E-state index contributed by atoms with van der Waals surface area (Å²) in [5, 5.41) is 6.40. The second-order valence-corrected chi connectivity index (χ2v) is 4.29. The predicted molar refractivity (Wildman–Crippen MR) is 62.8 cm³/mol. The van der Waals surface area contributed by atoms with Crippen LogP contribution in [0.3, 0.4) is 0 Å². The normalized spacial score (nSPS) is 16.5. The van der Waals surface area contributed by atoms with Gasteiger partial charge >= 0.3 is 0 Å². The first-order valence-electron chi connectivity index (χ1n) is 6.13. The number of nitrogens with one attached hydrogen (secondary N) is 1. The molecule has 5 nitrogen and oxygen atoms in total. The summed E-state index contributed by atoms with van der Waals surface area (Å²) >= 11 is 0. The van der Waals surface area contributed by atoms with Crippen molar-refractivity contribution in [1.82, 2.24) is 5.32 Å². The van der Waals surface area contributed by atoms with Crippen LogP contribution in [-0.2, 0) is 4.79 Å². The highest BCUT2D eigenvalue weighted by Gasteiger charge is 2.20. The smallest absolute Gasteiger partial charge is 0.223 e. The average molecular weight is 224 g/mol. The molecule has 1 amide bonds. The van der Waals surface area contributed by atoms with E-state index in [0.717, 1.165) is 25.7 Å². The number of unbranched alkanes of at least 4 members (excludes halogenated alkanes) is 1. The molecule has 0 aromatic rings. The van der Waals surface area contributed by atoms with Crippen molar-refractivity contribution in [3.8, 4) is 0 Å². The number of carbonyl (C=O) groups is 1. The Bertz CT molecular complexity index is 255. The molecule has 90 valence electrons.